The van der Waals surface area contributed by atoms with Crippen LogP contribution in [0.15, 0.2) is 11.8 Å². The fourth-order valence-electron chi connectivity index (χ4n) is 0.578. The molecule has 0 aliphatic heterocycles. The molecule has 0 aliphatic carbocycles. The number of carbonyl (C=O) groups is 1. The Hall–Kier alpha value is -1.03. The van der Waals surface area contributed by atoms with Crippen molar-refractivity contribution in [3.8, 4) is 0 Å². The predicted molar refractivity (Wildman–Crippen MR) is 37.7 cm³/mol. The van der Waals surface area contributed by atoms with Crippen LogP contribution in [0.1, 0.15) is 6.92 Å². The molecule has 0 aromatic carbocycles. The molecule has 10 heavy (non-hydrogen) atoms. The molecule has 0 unspecified atom stereocenters. The molecule has 0 saturated heterocycles. The van der Waals surface area contributed by atoms with E-state index >= 15 is 0 Å². The van der Waals surface area contributed by atoms with Crippen molar-refractivity contribution < 1.29 is 9.63 Å². The van der Waals surface area contributed by atoms with Crippen molar-refractivity contribution in [1.82, 2.24) is 5.06 Å². The molecule has 0 aromatic heterocycles. The monoisotopic (exact) mass is 144 g/mol. The second-order valence-corrected chi connectivity index (χ2v) is 1.72. The zero-order chi connectivity index (χ0) is 8.15. The van der Waals surface area contributed by atoms with Gasteiger partial charge in [0.2, 0.25) is 0 Å². The number of allylic oxidation sites excluding steroid dienone is 1. The highest BCUT2D eigenvalue weighted by atomic mass is 16.7. The summed E-state index contributed by atoms with van der Waals surface area (Å²) in [7, 11) is 3.08. The van der Waals surface area contributed by atoms with Gasteiger partial charge in [0.25, 0.3) is 5.91 Å². The fourth-order valence-corrected chi connectivity index (χ4v) is 0.578. The van der Waals surface area contributed by atoms with Crippen LogP contribution in [-0.2, 0) is 9.63 Å². The number of nitrogens with two attached hydrogens (primary N) is 1. The standard InChI is InChI=1S/C6H12N2O2/c1-4-5(6(7)9)8(2)10-3/h4H,1-3H3,(H2,7,9)/b5-4-. The predicted octanol–water partition coefficient (Wildman–Crippen LogP) is -0.131. The summed E-state index contributed by atoms with van der Waals surface area (Å²) in [5.74, 6) is -0.494. The van der Waals surface area contributed by atoms with Crippen LogP contribution in [0.4, 0.5) is 0 Å². The van der Waals surface area contributed by atoms with Gasteiger partial charge in [0.05, 0.1) is 7.11 Å². The van der Waals surface area contributed by atoms with Crippen LogP contribution in [0, 0.1) is 0 Å². The molecule has 0 aliphatic rings. The normalized spacial score (nSPS) is 11.3. The van der Waals surface area contributed by atoms with E-state index in [0.717, 1.165) is 0 Å². The van der Waals surface area contributed by atoms with Gasteiger partial charge in [-0.1, -0.05) is 6.08 Å². The van der Waals surface area contributed by atoms with E-state index in [1.807, 2.05) is 0 Å². The molecule has 0 fully saturated rings. The second-order valence-electron chi connectivity index (χ2n) is 1.72. The van der Waals surface area contributed by atoms with Crippen LogP contribution < -0.4 is 5.73 Å². The van der Waals surface area contributed by atoms with E-state index in [0.29, 0.717) is 5.70 Å². The highest BCUT2D eigenvalue weighted by molar-refractivity contribution is 5.90. The van der Waals surface area contributed by atoms with E-state index in [4.69, 9.17) is 10.6 Å². The minimum atomic E-state index is -0.494. The maximum atomic E-state index is 10.6. The summed E-state index contributed by atoms with van der Waals surface area (Å²) in [6, 6.07) is 0. The summed E-state index contributed by atoms with van der Waals surface area (Å²) in [5.41, 5.74) is 5.34. The van der Waals surface area contributed by atoms with E-state index in [9.17, 15) is 4.79 Å². The molecule has 0 saturated carbocycles. The Morgan fingerprint density at radius 1 is 1.70 bits per heavy atom. The Bertz CT molecular complexity index is 154. The topological polar surface area (TPSA) is 55.6 Å². The van der Waals surface area contributed by atoms with Gasteiger partial charge in [0, 0.05) is 7.05 Å². The first-order valence-corrected chi connectivity index (χ1v) is 2.87. The van der Waals surface area contributed by atoms with Crippen molar-refractivity contribution in [2.24, 2.45) is 5.73 Å². The molecule has 0 radical (unpaired) electrons. The zero-order valence-corrected chi connectivity index (χ0v) is 6.42. The summed E-state index contributed by atoms with van der Waals surface area (Å²) in [5, 5.41) is 1.31. The molecule has 2 N–H and O–H groups in total. The second kappa shape index (κ2) is 3.90. The molecular formula is C6H12N2O2. The molecule has 1 amide bonds. The van der Waals surface area contributed by atoms with Gasteiger partial charge < -0.3 is 5.73 Å². The van der Waals surface area contributed by atoms with Crippen molar-refractivity contribution in [2.75, 3.05) is 14.2 Å². The molecule has 4 heteroatoms. The Kier molecular flexibility index (Phi) is 3.49. The van der Waals surface area contributed by atoms with Gasteiger partial charge in [-0.25, -0.2) is 0 Å². The van der Waals surface area contributed by atoms with Gasteiger partial charge in [0.1, 0.15) is 5.70 Å². The third-order valence-corrected chi connectivity index (χ3v) is 1.14. The van der Waals surface area contributed by atoms with Gasteiger partial charge in [-0.15, -0.1) is 0 Å². The number of hydrogen-bond acceptors (Lipinski definition) is 3. The zero-order valence-electron chi connectivity index (χ0n) is 6.42. The lowest BCUT2D eigenvalue weighted by Gasteiger charge is -2.15. The average Bonchev–Trinajstić information content (AvgIpc) is 1.88. The lowest BCUT2D eigenvalue weighted by Crippen LogP contribution is -2.27. The number of amides is 1. The minimum absolute atomic E-state index is 0.350. The van der Waals surface area contributed by atoms with Crippen molar-refractivity contribution in [1.29, 1.82) is 0 Å². The van der Waals surface area contributed by atoms with E-state index in [1.54, 1.807) is 20.0 Å². The smallest absolute Gasteiger partial charge is 0.266 e. The van der Waals surface area contributed by atoms with Crippen molar-refractivity contribution >= 4 is 5.91 Å². The molecule has 58 valence electrons. The first kappa shape index (κ1) is 8.97. The van der Waals surface area contributed by atoms with Crippen LogP contribution in [0.3, 0.4) is 0 Å². The molecule has 0 bridgehead atoms. The van der Waals surface area contributed by atoms with Crippen molar-refractivity contribution in [2.45, 2.75) is 6.92 Å². The van der Waals surface area contributed by atoms with Crippen LogP contribution in [-0.4, -0.2) is 25.1 Å². The number of hydrogen-bond donors (Lipinski definition) is 1. The van der Waals surface area contributed by atoms with Crippen LogP contribution in [0.2, 0.25) is 0 Å². The Balaban J connectivity index is 4.23. The third-order valence-electron chi connectivity index (χ3n) is 1.14. The maximum absolute atomic E-state index is 10.6. The Morgan fingerprint density at radius 3 is 2.30 bits per heavy atom. The first-order valence-electron chi connectivity index (χ1n) is 2.87. The van der Waals surface area contributed by atoms with E-state index in [-0.39, 0.29) is 0 Å². The molecule has 0 rings (SSSR count). The number of rotatable bonds is 3. The lowest BCUT2D eigenvalue weighted by molar-refractivity contribution is -0.126. The first-order chi connectivity index (χ1) is 4.63. The van der Waals surface area contributed by atoms with Gasteiger partial charge in [-0.05, 0) is 6.92 Å². The largest absolute Gasteiger partial charge is 0.364 e. The summed E-state index contributed by atoms with van der Waals surface area (Å²) in [6.07, 6.45) is 1.59. The summed E-state index contributed by atoms with van der Waals surface area (Å²) < 4.78 is 0. The molecule has 0 aromatic rings. The fraction of sp³-hybridized carbons (Fsp3) is 0.500. The van der Waals surface area contributed by atoms with E-state index in [2.05, 4.69) is 0 Å². The third kappa shape index (κ3) is 2.06. The van der Waals surface area contributed by atoms with Crippen LogP contribution in [0.25, 0.3) is 0 Å². The molecule has 0 heterocycles. The maximum Gasteiger partial charge on any atom is 0.266 e. The van der Waals surface area contributed by atoms with Gasteiger partial charge in [0.15, 0.2) is 0 Å². The lowest BCUT2D eigenvalue weighted by atomic mass is 10.4. The molecular weight excluding hydrogens is 132 g/mol. The average molecular weight is 144 g/mol. The number of likely N-dealkylation sites (N-methyl/N-ethyl adjacent to an activating group) is 1. The van der Waals surface area contributed by atoms with Gasteiger partial charge in [-0.2, -0.15) is 0 Å². The highest BCUT2D eigenvalue weighted by Gasteiger charge is 2.07. The van der Waals surface area contributed by atoms with Crippen LogP contribution >= 0.6 is 0 Å². The van der Waals surface area contributed by atoms with E-state index in [1.165, 1.54) is 12.2 Å². The van der Waals surface area contributed by atoms with E-state index < -0.39 is 5.91 Å². The van der Waals surface area contributed by atoms with Crippen molar-refractivity contribution in [3.63, 3.8) is 0 Å². The number of nitrogens with zero attached hydrogens (tertiary/aromatic N) is 1. The Morgan fingerprint density at radius 2 is 2.20 bits per heavy atom. The molecule has 0 atom stereocenters. The number of hydroxylamine groups is 2. The van der Waals surface area contributed by atoms with Crippen LogP contribution in [0.5, 0.6) is 0 Å². The SMILES string of the molecule is C/C=C(/C(N)=O)N(C)OC. The van der Waals surface area contributed by atoms with Gasteiger partial charge >= 0.3 is 0 Å². The number of carbonyl (C=O) groups excluding carboxylic acids is 1. The Labute approximate surface area is 60.2 Å². The molecule has 0 spiro atoms. The quantitative estimate of drug-likeness (QED) is 0.443. The summed E-state index contributed by atoms with van der Waals surface area (Å²) in [6.45, 7) is 1.72. The number of primary amides is 1. The van der Waals surface area contributed by atoms with Crippen molar-refractivity contribution in [3.05, 3.63) is 11.8 Å². The van der Waals surface area contributed by atoms with Gasteiger partial charge in [-0.3, -0.25) is 14.7 Å². The molecule has 4 nitrogen and oxygen atoms in total. The highest BCUT2D eigenvalue weighted by Crippen LogP contribution is 1.98. The minimum Gasteiger partial charge on any atom is -0.364 e. The summed E-state index contributed by atoms with van der Waals surface area (Å²) >= 11 is 0. The summed E-state index contributed by atoms with van der Waals surface area (Å²) in [4.78, 5) is 15.3.